The molecule has 0 fully saturated rings. The van der Waals surface area contributed by atoms with E-state index in [1.54, 1.807) is 12.3 Å². The van der Waals surface area contributed by atoms with Gasteiger partial charge in [-0.2, -0.15) is 0 Å². The maximum Gasteiger partial charge on any atom is 0.125 e. The third kappa shape index (κ3) is 2.51. The fourth-order valence-corrected chi connectivity index (χ4v) is 0.793. The lowest BCUT2D eigenvalue weighted by atomic mass is 10.4. The molecule has 0 amide bonds. The minimum Gasteiger partial charge on any atom is -0.384 e. The predicted molar refractivity (Wildman–Crippen MR) is 50.6 cm³/mol. The van der Waals surface area contributed by atoms with Crippen molar-refractivity contribution in [2.24, 2.45) is 0 Å². The summed E-state index contributed by atoms with van der Waals surface area (Å²) < 4.78 is 0. The molecule has 0 unspecified atom stereocenters. The number of hydrogen-bond donors (Lipinski definition) is 2. The highest BCUT2D eigenvalue weighted by Gasteiger charge is 1.89. The maximum atomic E-state index is 5.48. The zero-order valence-electron chi connectivity index (χ0n) is 6.96. The molecule has 0 radical (unpaired) electrons. The van der Waals surface area contributed by atoms with E-state index in [2.05, 4.69) is 22.1 Å². The molecular weight excluding hydrogens is 150 g/mol. The van der Waals surface area contributed by atoms with Gasteiger partial charge in [-0.05, 0) is 13.0 Å². The van der Waals surface area contributed by atoms with Crippen molar-refractivity contribution < 1.29 is 0 Å². The van der Waals surface area contributed by atoms with E-state index in [1.165, 1.54) is 0 Å². The molecule has 12 heavy (non-hydrogen) atoms. The van der Waals surface area contributed by atoms with Gasteiger partial charge in [0.15, 0.2) is 0 Å². The minimum absolute atomic E-state index is 0.518. The molecule has 3 heteroatoms. The zero-order valence-corrected chi connectivity index (χ0v) is 6.96. The fourth-order valence-electron chi connectivity index (χ4n) is 0.793. The first-order valence-corrected chi connectivity index (χ1v) is 3.68. The molecule has 1 aromatic heterocycles. The number of pyridine rings is 1. The molecule has 3 nitrogen and oxygen atoms in total. The second kappa shape index (κ2) is 4.24. The smallest absolute Gasteiger partial charge is 0.125 e. The number of aromatic nitrogens is 1. The van der Waals surface area contributed by atoms with E-state index in [0.29, 0.717) is 12.4 Å². The lowest BCUT2D eigenvalue weighted by Gasteiger charge is -2.01. The molecule has 0 aliphatic heterocycles. The van der Waals surface area contributed by atoms with Crippen molar-refractivity contribution in [2.45, 2.75) is 6.92 Å². The number of rotatable bonds is 2. The Morgan fingerprint density at radius 3 is 3.17 bits per heavy atom. The molecule has 62 valence electrons. The second-order valence-corrected chi connectivity index (χ2v) is 2.25. The molecule has 1 rings (SSSR count). The number of nitrogens with zero attached hydrogens (tertiary/aromatic N) is 1. The topological polar surface area (TPSA) is 50.9 Å². The summed E-state index contributed by atoms with van der Waals surface area (Å²) in [6.07, 6.45) is 1.66. The van der Waals surface area contributed by atoms with Gasteiger partial charge in [0.25, 0.3) is 0 Å². The fraction of sp³-hybridized carbons (Fsp3) is 0.222. The van der Waals surface area contributed by atoms with Crippen LogP contribution in [0.1, 0.15) is 6.92 Å². The van der Waals surface area contributed by atoms with Gasteiger partial charge in [0.2, 0.25) is 0 Å². The van der Waals surface area contributed by atoms with E-state index in [4.69, 9.17) is 5.73 Å². The summed E-state index contributed by atoms with van der Waals surface area (Å²) in [5.41, 5.74) is 6.42. The van der Waals surface area contributed by atoms with Crippen LogP contribution in [-0.2, 0) is 0 Å². The molecule has 3 N–H and O–H groups in total. The number of nitrogens with one attached hydrogen (secondary N) is 1. The van der Waals surface area contributed by atoms with Crippen LogP contribution in [0.4, 0.5) is 11.5 Å². The Balaban J connectivity index is 2.55. The quantitative estimate of drug-likeness (QED) is 0.638. The first-order chi connectivity index (χ1) is 5.83. The van der Waals surface area contributed by atoms with E-state index in [0.717, 1.165) is 5.69 Å². The van der Waals surface area contributed by atoms with Gasteiger partial charge in [-0.1, -0.05) is 5.92 Å². The minimum atomic E-state index is 0.518. The van der Waals surface area contributed by atoms with Gasteiger partial charge in [0.05, 0.1) is 6.54 Å². The van der Waals surface area contributed by atoms with Crippen molar-refractivity contribution in [3.05, 3.63) is 18.3 Å². The summed E-state index contributed by atoms with van der Waals surface area (Å²) in [5, 5.41) is 3.09. The van der Waals surface area contributed by atoms with Gasteiger partial charge in [-0.25, -0.2) is 4.98 Å². The van der Waals surface area contributed by atoms with E-state index in [1.807, 2.05) is 13.0 Å². The third-order valence-corrected chi connectivity index (χ3v) is 1.34. The van der Waals surface area contributed by atoms with Gasteiger partial charge in [-0.3, -0.25) is 0 Å². The van der Waals surface area contributed by atoms with Crippen LogP contribution in [0, 0.1) is 11.8 Å². The third-order valence-electron chi connectivity index (χ3n) is 1.34. The van der Waals surface area contributed by atoms with Crippen LogP contribution in [0.15, 0.2) is 18.3 Å². The standard InChI is InChI=1S/C9H11N3/c1-2-3-5-11-8-4-6-12-9(10)7-8/h4,6-7H,5H2,1H3,(H3,10,11,12). The van der Waals surface area contributed by atoms with Crippen LogP contribution in [0.3, 0.4) is 0 Å². The first kappa shape index (κ1) is 8.41. The highest BCUT2D eigenvalue weighted by atomic mass is 14.9. The Morgan fingerprint density at radius 2 is 2.50 bits per heavy atom. The van der Waals surface area contributed by atoms with Gasteiger partial charge >= 0.3 is 0 Å². The van der Waals surface area contributed by atoms with Crippen molar-refractivity contribution in [2.75, 3.05) is 17.6 Å². The van der Waals surface area contributed by atoms with Gasteiger partial charge in [-0.15, -0.1) is 5.92 Å². The monoisotopic (exact) mass is 161 g/mol. The van der Waals surface area contributed by atoms with Crippen LogP contribution < -0.4 is 11.1 Å². The maximum absolute atomic E-state index is 5.48. The number of anilines is 2. The Bertz CT molecular complexity index is 309. The van der Waals surface area contributed by atoms with Crippen LogP contribution >= 0.6 is 0 Å². The predicted octanol–water partition coefficient (Wildman–Crippen LogP) is 1.10. The molecule has 0 aliphatic carbocycles. The van der Waals surface area contributed by atoms with E-state index in [9.17, 15) is 0 Å². The van der Waals surface area contributed by atoms with Crippen LogP contribution in [0.2, 0.25) is 0 Å². The van der Waals surface area contributed by atoms with Crippen LogP contribution in [0.25, 0.3) is 0 Å². The Labute approximate surface area is 72.0 Å². The number of hydrogen-bond acceptors (Lipinski definition) is 3. The average Bonchev–Trinajstić information content (AvgIpc) is 2.05. The van der Waals surface area contributed by atoms with Crippen molar-refractivity contribution in [1.29, 1.82) is 0 Å². The molecule has 0 aliphatic rings. The lowest BCUT2D eigenvalue weighted by molar-refractivity contribution is 1.30. The lowest BCUT2D eigenvalue weighted by Crippen LogP contribution is -1.99. The van der Waals surface area contributed by atoms with Crippen LogP contribution in [0.5, 0.6) is 0 Å². The number of nitrogens with two attached hydrogens (primary N) is 1. The molecule has 0 bridgehead atoms. The summed E-state index contributed by atoms with van der Waals surface area (Å²) in [6, 6.07) is 3.63. The molecule has 0 saturated heterocycles. The van der Waals surface area contributed by atoms with E-state index < -0.39 is 0 Å². The van der Waals surface area contributed by atoms with Gasteiger partial charge in [0.1, 0.15) is 5.82 Å². The van der Waals surface area contributed by atoms with Gasteiger partial charge < -0.3 is 11.1 Å². The first-order valence-electron chi connectivity index (χ1n) is 3.68. The summed E-state index contributed by atoms with van der Waals surface area (Å²) in [4.78, 5) is 3.87. The second-order valence-electron chi connectivity index (χ2n) is 2.25. The Kier molecular flexibility index (Phi) is 2.97. The number of nitrogen functional groups attached to an aromatic ring is 1. The summed E-state index contributed by atoms with van der Waals surface area (Å²) >= 11 is 0. The molecule has 0 saturated carbocycles. The molecule has 0 aromatic carbocycles. The largest absolute Gasteiger partial charge is 0.384 e. The SMILES string of the molecule is CC#CCNc1ccnc(N)c1. The highest BCUT2D eigenvalue weighted by Crippen LogP contribution is 2.07. The Hall–Kier alpha value is -1.69. The molecule has 1 aromatic rings. The van der Waals surface area contributed by atoms with Crippen LogP contribution in [-0.4, -0.2) is 11.5 Å². The average molecular weight is 161 g/mol. The summed E-state index contributed by atoms with van der Waals surface area (Å²) in [6.45, 7) is 2.45. The van der Waals surface area contributed by atoms with Crippen molar-refractivity contribution >= 4 is 11.5 Å². The van der Waals surface area contributed by atoms with Crippen molar-refractivity contribution in [3.63, 3.8) is 0 Å². The highest BCUT2D eigenvalue weighted by molar-refractivity contribution is 5.50. The van der Waals surface area contributed by atoms with Gasteiger partial charge in [0, 0.05) is 18.0 Å². The van der Waals surface area contributed by atoms with E-state index in [-0.39, 0.29) is 0 Å². The summed E-state index contributed by atoms with van der Waals surface area (Å²) in [7, 11) is 0. The molecule has 0 atom stereocenters. The molecule has 0 spiro atoms. The molecule has 1 heterocycles. The zero-order chi connectivity index (χ0) is 8.81. The van der Waals surface area contributed by atoms with E-state index >= 15 is 0 Å². The molecular formula is C9H11N3. The summed E-state index contributed by atoms with van der Waals surface area (Å²) in [5.74, 6) is 6.21. The van der Waals surface area contributed by atoms with Crippen molar-refractivity contribution in [3.8, 4) is 11.8 Å². The normalized spacial score (nSPS) is 8.42. The Morgan fingerprint density at radius 1 is 1.67 bits per heavy atom. The van der Waals surface area contributed by atoms with Crippen molar-refractivity contribution in [1.82, 2.24) is 4.98 Å².